The van der Waals surface area contributed by atoms with E-state index in [1.165, 1.54) is 16.6 Å². The van der Waals surface area contributed by atoms with Gasteiger partial charge in [-0.15, -0.1) is 0 Å². The van der Waals surface area contributed by atoms with Crippen LogP contribution in [0.1, 0.15) is 39.9 Å². The highest BCUT2D eigenvalue weighted by Gasteiger charge is 2.27. The SMILES string of the molecule is Cc1ccc(C)c2c1c(CC(=O)N[C@@H](Cc1ccccc1)C(=O)N(C)c1ccccc1)c(C)n2CCCc1ccccc1. The zero-order chi connectivity index (χ0) is 30.3. The number of aryl methyl sites for hydroxylation is 4. The lowest BCUT2D eigenvalue weighted by Crippen LogP contribution is -2.49. The van der Waals surface area contributed by atoms with Crippen molar-refractivity contribution in [3.05, 3.63) is 137 Å². The molecule has 1 atom stereocenters. The molecule has 0 spiro atoms. The lowest BCUT2D eigenvalue weighted by Gasteiger charge is -2.25. The van der Waals surface area contributed by atoms with Crippen LogP contribution >= 0.6 is 0 Å². The minimum absolute atomic E-state index is 0.143. The molecule has 0 saturated heterocycles. The second kappa shape index (κ2) is 13.6. The van der Waals surface area contributed by atoms with E-state index in [0.29, 0.717) is 6.42 Å². The fourth-order valence-electron chi connectivity index (χ4n) is 6.09. The molecule has 0 aliphatic rings. The molecular weight excluding hydrogens is 530 g/mol. The van der Waals surface area contributed by atoms with Crippen LogP contribution in [0.2, 0.25) is 0 Å². The van der Waals surface area contributed by atoms with Crippen LogP contribution < -0.4 is 10.2 Å². The number of nitrogens with one attached hydrogen (secondary N) is 1. The summed E-state index contributed by atoms with van der Waals surface area (Å²) in [5.74, 6) is -0.293. The Kier molecular flexibility index (Phi) is 9.41. The van der Waals surface area contributed by atoms with Crippen LogP contribution in [0, 0.1) is 20.8 Å². The van der Waals surface area contributed by atoms with Crippen molar-refractivity contribution in [1.29, 1.82) is 0 Å². The molecule has 220 valence electrons. The minimum atomic E-state index is -0.692. The van der Waals surface area contributed by atoms with Crippen molar-refractivity contribution >= 4 is 28.4 Å². The van der Waals surface area contributed by atoms with Gasteiger partial charge in [-0.3, -0.25) is 9.59 Å². The zero-order valence-corrected chi connectivity index (χ0v) is 25.6. The van der Waals surface area contributed by atoms with Crippen LogP contribution in [-0.2, 0) is 35.4 Å². The van der Waals surface area contributed by atoms with Gasteiger partial charge in [-0.05, 0) is 73.6 Å². The van der Waals surface area contributed by atoms with E-state index < -0.39 is 6.04 Å². The van der Waals surface area contributed by atoms with Gasteiger partial charge in [0.25, 0.3) is 0 Å². The monoisotopic (exact) mass is 571 g/mol. The number of carbonyl (C=O) groups is 2. The predicted molar refractivity (Wildman–Crippen MR) is 177 cm³/mol. The zero-order valence-electron chi connectivity index (χ0n) is 25.6. The number of hydrogen-bond acceptors (Lipinski definition) is 2. The Balaban J connectivity index is 1.41. The van der Waals surface area contributed by atoms with Crippen molar-refractivity contribution in [2.24, 2.45) is 0 Å². The number of amides is 2. The maximum absolute atomic E-state index is 13.8. The molecule has 5 heteroatoms. The van der Waals surface area contributed by atoms with Crippen LogP contribution in [0.25, 0.3) is 10.9 Å². The highest BCUT2D eigenvalue weighted by Crippen LogP contribution is 2.32. The van der Waals surface area contributed by atoms with Crippen molar-refractivity contribution in [2.75, 3.05) is 11.9 Å². The van der Waals surface area contributed by atoms with E-state index >= 15 is 0 Å². The van der Waals surface area contributed by atoms with E-state index in [9.17, 15) is 9.59 Å². The molecule has 0 radical (unpaired) electrons. The Hall–Kier alpha value is -4.64. The quantitative estimate of drug-likeness (QED) is 0.183. The van der Waals surface area contributed by atoms with Gasteiger partial charge < -0.3 is 14.8 Å². The van der Waals surface area contributed by atoms with E-state index in [-0.39, 0.29) is 18.2 Å². The molecule has 0 aliphatic carbocycles. The topological polar surface area (TPSA) is 54.3 Å². The number of nitrogens with zero attached hydrogens (tertiary/aromatic N) is 2. The molecule has 5 aromatic rings. The minimum Gasteiger partial charge on any atom is -0.344 e. The second-order valence-electron chi connectivity index (χ2n) is 11.4. The van der Waals surface area contributed by atoms with Gasteiger partial charge in [0.15, 0.2) is 0 Å². The molecule has 1 aromatic heterocycles. The van der Waals surface area contributed by atoms with Gasteiger partial charge in [0.1, 0.15) is 6.04 Å². The molecule has 0 aliphatic heterocycles. The summed E-state index contributed by atoms with van der Waals surface area (Å²) in [5, 5.41) is 4.28. The molecule has 0 saturated carbocycles. The van der Waals surface area contributed by atoms with Gasteiger partial charge in [0, 0.05) is 36.8 Å². The number of fused-ring (bicyclic) bond motifs is 1. The third kappa shape index (κ3) is 6.89. The largest absolute Gasteiger partial charge is 0.344 e. The van der Waals surface area contributed by atoms with E-state index in [0.717, 1.165) is 52.8 Å². The summed E-state index contributed by atoms with van der Waals surface area (Å²) in [4.78, 5) is 29.2. The first-order valence-corrected chi connectivity index (χ1v) is 15.1. The molecule has 0 fully saturated rings. The lowest BCUT2D eigenvalue weighted by atomic mass is 10.00. The molecule has 43 heavy (non-hydrogen) atoms. The summed E-state index contributed by atoms with van der Waals surface area (Å²) in [7, 11) is 1.77. The van der Waals surface area contributed by atoms with E-state index in [1.807, 2.05) is 66.7 Å². The van der Waals surface area contributed by atoms with Gasteiger partial charge in [0.2, 0.25) is 11.8 Å². The maximum Gasteiger partial charge on any atom is 0.249 e. The fraction of sp³-hybridized carbons (Fsp3) is 0.263. The molecule has 4 aromatic carbocycles. The summed E-state index contributed by atoms with van der Waals surface area (Å²) in [6.07, 6.45) is 2.64. The summed E-state index contributed by atoms with van der Waals surface area (Å²) in [6.45, 7) is 7.26. The number of anilines is 1. The molecule has 5 nitrogen and oxygen atoms in total. The highest BCUT2D eigenvalue weighted by molar-refractivity contribution is 6.00. The molecule has 0 unspecified atom stereocenters. The van der Waals surface area contributed by atoms with Crippen LogP contribution in [0.5, 0.6) is 0 Å². The van der Waals surface area contributed by atoms with Crippen LogP contribution in [0.3, 0.4) is 0 Å². The number of carbonyl (C=O) groups excluding carboxylic acids is 2. The summed E-state index contributed by atoms with van der Waals surface area (Å²) in [5.41, 5.74) is 8.85. The van der Waals surface area contributed by atoms with Gasteiger partial charge >= 0.3 is 0 Å². The average Bonchev–Trinajstić information content (AvgIpc) is 3.31. The number of para-hydroxylation sites is 1. The van der Waals surface area contributed by atoms with Crippen LogP contribution in [-0.4, -0.2) is 29.5 Å². The normalized spacial score (nSPS) is 11.8. The third-order valence-electron chi connectivity index (χ3n) is 8.42. The van der Waals surface area contributed by atoms with Gasteiger partial charge in [0.05, 0.1) is 11.9 Å². The standard InChI is InChI=1S/C38H41N3O2/c1-27-22-23-28(2)37-36(27)33(29(3)41(37)24-14-19-30-15-8-5-9-16-30)26-35(42)39-34(25-31-17-10-6-11-18-31)38(43)40(4)32-20-12-7-13-21-32/h5-13,15-18,20-23,34H,14,19,24-26H2,1-4H3,(H,39,42)/t34-/m0/s1. The van der Waals surface area contributed by atoms with Crippen molar-refractivity contribution in [2.45, 2.75) is 59.0 Å². The van der Waals surface area contributed by atoms with Crippen molar-refractivity contribution in [3.63, 3.8) is 0 Å². The Bertz CT molecular complexity index is 1690. The Labute approximate surface area is 255 Å². The lowest BCUT2D eigenvalue weighted by molar-refractivity contribution is -0.127. The molecule has 1 heterocycles. The Morgan fingerprint density at radius 1 is 0.767 bits per heavy atom. The first-order chi connectivity index (χ1) is 20.8. The Morgan fingerprint density at radius 2 is 1.35 bits per heavy atom. The second-order valence-corrected chi connectivity index (χ2v) is 11.4. The molecule has 5 rings (SSSR count). The molecule has 0 bridgehead atoms. The average molecular weight is 572 g/mol. The van der Waals surface area contributed by atoms with Crippen molar-refractivity contribution in [3.8, 4) is 0 Å². The van der Waals surface area contributed by atoms with Gasteiger partial charge in [-0.2, -0.15) is 0 Å². The maximum atomic E-state index is 13.8. The third-order valence-corrected chi connectivity index (χ3v) is 8.42. The van der Waals surface area contributed by atoms with E-state index in [4.69, 9.17) is 0 Å². The predicted octanol–water partition coefficient (Wildman–Crippen LogP) is 7.13. The number of benzene rings is 4. The van der Waals surface area contributed by atoms with Crippen LogP contribution in [0.15, 0.2) is 103 Å². The highest BCUT2D eigenvalue weighted by atomic mass is 16.2. The number of hydrogen-bond donors (Lipinski definition) is 1. The Morgan fingerprint density at radius 3 is 2.00 bits per heavy atom. The number of rotatable bonds is 11. The molecule has 1 N–H and O–H groups in total. The van der Waals surface area contributed by atoms with Gasteiger partial charge in [-0.25, -0.2) is 0 Å². The summed E-state index contributed by atoms with van der Waals surface area (Å²) < 4.78 is 2.39. The van der Waals surface area contributed by atoms with Gasteiger partial charge in [-0.1, -0.05) is 91.0 Å². The first kappa shape index (κ1) is 29.8. The number of aromatic nitrogens is 1. The van der Waals surface area contributed by atoms with E-state index in [2.05, 4.69) is 67.1 Å². The first-order valence-electron chi connectivity index (χ1n) is 15.1. The molecule has 2 amide bonds. The molecular formula is C38H41N3O2. The fourth-order valence-corrected chi connectivity index (χ4v) is 6.09. The van der Waals surface area contributed by atoms with Crippen LogP contribution in [0.4, 0.5) is 5.69 Å². The van der Waals surface area contributed by atoms with E-state index in [1.54, 1.807) is 11.9 Å². The summed E-state index contributed by atoms with van der Waals surface area (Å²) in [6, 6.07) is 33.6. The van der Waals surface area contributed by atoms with Crippen molar-refractivity contribution < 1.29 is 9.59 Å². The number of likely N-dealkylation sites (N-methyl/N-ethyl adjacent to an activating group) is 1. The smallest absolute Gasteiger partial charge is 0.249 e. The summed E-state index contributed by atoms with van der Waals surface area (Å²) >= 11 is 0. The van der Waals surface area contributed by atoms with Crippen molar-refractivity contribution in [1.82, 2.24) is 9.88 Å².